The molecule has 0 N–H and O–H groups in total. The number of nitrogens with zero attached hydrogens (tertiary/aromatic N) is 2. The summed E-state index contributed by atoms with van der Waals surface area (Å²) in [5.41, 5.74) is 2.91. The van der Waals surface area contributed by atoms with Crippen LogP contribution in [0, 0.1) is 11.8 Å². The Kier molecular flexibility index (Phi) is 8.07. The first-order valence-corrected chi connectivity index (χ1v) is 14.1. The third kappa shape index (κ3) is 6.27. The van der Waals surface area contributed by atoms with Crippen molar-refractivity contribution in [3.63, 3.8) is 0 Å². The van der Waals surface area contributed by atoms with E-state index in [1.54, 1.807) is 11.9 Å². The van der Waals surface area contributed by atoms with Crippen molar-refractivity contribution in [2.24, 2.45) is 11.8 Å². The molecule has 0 unspecified atom stereocenters. The van der Waals surface area contributed by atoms with E-state index in [0.717, 1.165) is 24.7 Å². The predicted molar refractivity (Wildman–Crippen MR) is 143 cm³/mol. The van der Waals surface area contributed by atoms with Gasteiger partial charge in [0.15, 0.2) is 0 Å². The van der Waals surface area contributed by atoms with E-state index in [-0.39, 0.29) is 5.97 Å². The first kappa shape index (κ1) is 24.4. The van der Waals surface area contributed by atoms with Crippen LogP contribution in [0.3, 0.4) is 0 Å². The molecule has 3 aliphatic rings. The lowest BCUT2D eigenvalue weighted by atomic mass is 9.90. The van der Waals surface area contributed by atoms with Gasteiger partial charge in [0.1, 0.15) is 12.4 Å². The van der Waals surface area contributed by atoms with Crippen LogP contribution in [-0.2, 0) is 4.74 Å². The second-order valence-corrected chi connectivity index (χ2v) is 11.5. The molecule has 0 spiro atoms. The minimum absolute atomic E-state index is 0.211. The fourth-order valence-corrected chi connectivity index (χ4v) is 6.61. The van der Waals surface area contributed by atoms with Gasteiger partial charge in [0.2, 0.25) is 0 Å². The van der Waals surface area contributed by atoms with E-state index in [1.807, 2.05) is 24.3 Å². The second-order valence-electron chi connectivity index (χ2n) is 10.4. The van der Waals surface area contributed by atoms with Gasteiger partial charge in [-0.3, -0.25) is 4.31 Å². The zero-order valence-electron chi connectivity index (χ0n) is 20.9. The molecule has 188 valence electrons. The quantitative estimate of drug-likeness (QED) is 0.297. The van der Waals surface area contributed by atoms with Crippen molar-refractivity contribution in [2.75, 3.05) is 36.1 Å². The molecule has 0 saturated heterocycles. The van der Waals surface area contributed by atoms with Crippen molar-refractivity contribution >= 4 is 29.3 Å². The molecule has 2 aromatic rings. The van der Waals surface area contributed by atoms with Crippen LogP contribution in [-0.4, -0.2) is 32.9 Å². The van der Waals surface area contributed by atoms with Crippen LogP contribution in [0.25, 0.3) is 0 Å². The summed E-state index contributed by atoms with van der Waals surface area (Å²) in [4.78, 5) is 16.0. The van der Waals surface area contributed by atoms with Gasteiger partial charge in [-0.1, -0.05) is 38.5 Å². The van der Waals surface area contributed by atoms with E-state index in [4.69, 9.17) is 9.47 Å². The molecular formula is C29H38N2O3S. The highest BCUT2D eigenvalue weighted by atomic mass is 32.2. The van der Waals surface area contributed by atoms with Gasteiger partial charge in [0.05, 0.1) is 29.4 Å². The first-order valence-electron chi connectivity index (χ1n) is 13.4. The third-order valence-electron chi connectivity index (χ3n) is 7.67. The molecule has 5 rings (SSSR count). The summed E-state index contributed by atoms with van der Waals surface area (Å²) in [6.07, 6.45) is 12.9. The minimum Gasteiger partial charge on any atom is -0.493 e. The van der Waals surface area contributed by atoms with Crippen molar-refractivity contribution < 1.29 is 14.3 Å². The summed E-state index contributed by atoms with van der Waals surface area (Å²) in [5.74, 6) is 1.99. The molecule has 5 nitrogen and oxygen atoms in total. The Balaban J connectivity index is 1.17. The van der Waals surface area contributed by atoms with Crippen molar-refractivity contribution in [3.8, 4) is 5.75 Å². The summed E-state index contributed by atoms with van der Waals surface area (Å²) >= 11 is 1.73. The van der Waals surface area contributed by atoms with Crippen molar-refractivity contribution in [1.82, 2.24) is 0 Å². The van der Waals surface area contributed by atoms with Crippen LogP contribution in [0.1, 0.15) is 74.6 Å². The minimum atomic E-state index is -0.211. The van der Waals surface area contributed by atoms with Gasteiger partial charge in [0, 0.05) is 18.8 Å². The summed E-state index contributed by atoms with van der Waals surface area (Å²) in [6, 6.07) is 14.2. The summed E-state index contributed by atoms with van der Waals surface area (Å²) < 4.78 is 14.0. The molecule has 2 saturated carbocycles. The Hall–Kier alpha value is -2.34. The van der Waals surface area contributed by atoms with Crippen molar-refractivity contribution in [1.29, 1.82) is 0 Å². The van der Waals surface area contributed by atoms with Crippen LogP contribution in [0.4, 0.5) is 11.4 Å². The highest BCUT2D eigenvalue weighted by Gasteiger charge is 2.23. The van der Waals surface area contributed by atoms with E-state index in [0.29, 0.717) is 24.0 Å². The molecule has 0 amide bonds. The molecule has 2 aromatic carbocycles. The Bertz CT molecular complexity index is 984. The number of anilines is 2. The van der Waals surface area contributed by atoms with Gasteiger partial charge in [0.25, 0.3) is 0 Å². The molecule has 2 aliphatic carbocycles. The molecule has 0 aromatic heterocycles. The van der Waals surface area contributed by atoms with Crippen molar-refractivity contribution in [3.05, 3.63) is 48.0 Å². The number of ether oxygens (including phenoxy) is 2. The first-order chi connectivity index (χ1) is 17.2. The maximum atomic E-state index is 12.5. The SMILES string of the molecule is CN1CN(c2ccc(C(=O)OCC3CCCCC3)cc2)Sc2ccc(OCC3CCCCC3)cc21. The van der Waals surface area contributed by atoms with Crippen LogP contribution in [0.5, 0.6) is 5.75 Å². The molecule has 35 heavy (non-hydrogen) atoms. The number of carbonyl (C=O) groups excluding carboxylic acids is 1. The molecule has 1 aliphatic heterocycles. The number of rotatable bonds is 7. The summed E-state index contributed by atoms with van der Waals surface area (Å²) in [6.45, 7) is 2.14. The Morgan fingerprint density at radius 3 is 2.23 bits per heavy atom. The summed E-state index contributed by atoms with van der Waals surface area (Å²) in [7, 11) is 2.12. The van der Waals surface area contributed by atoms with Gasteiger partial charge in [-0.2, -0.15) is 0 Å². The maximum Gasteiger partial charge on any atom is 0.338 e. The molecule has 0 bridgehead atoms. The van der Waals surface area contributed by atoms with Gasteiger partial charge in [-0.25, -0.2) is 4.79 Å². The van der Waals surface area contributed by atoms with Crippen LogP contribution < -0.4 is 13.9 Å². The number of hydrogen-bond acceptors (Lipinski definition) is 6. The average molecular weight is 495 g/mol. The van der Waals surface area contributed by atoms with Crippen LogP contribution >= 0.6 is 11.9 Å². The zero-order valence-corrected chi connectivity index (χ0v) is 21.7. The molecular weight excluding hydrogens is 456 g/mol. The standard InChI is InChI=1S/C29H38N2O3S/c1-30-21-31(25-14-12-24(13-15-25)29(32)34-20-23-10-6-3-7-11-23)35-28-17-16-26(18-27(28)30)33-19-22-8-4-2-5-9-22/h12-18,22-23H,2-11,19-21H2,1H3. The Morgan fingerprint density at radius 2 is 1.54 bits per heavy atom. The van der Waals surface area contributed by atoms with E-state index in [9.17, 15) is 4.79 Å². The average Bonchev–Trinajstić information content (AvgIpc) is 2.92. The fourth-order valence-electron chi connectivity index (χ4n) is 5.48. The molecule has 2 fully saturated rings. The lowest BCUT2D eigenvalue weighted by Crippen LogP contribution is -2.35. The van der Waals surface area contributed by atoms with E-state index in [2.05, 4.69) is 34.5 Å². The lowest BCUT2D eigenvalue weighted by Gasteiger charge is -2.36. The lowest BCUT2D eigenvalue weighted by molar-refractivity contribution is 0.0410. The Labute approximate surface area is 214 Å². The summed E-state index contributed by atoms with van der Waals surface area (Å²) in [5, 5.41) is 0. The smallest absolute Gasteiger partial charge is 0.338 e. The predicted octanol–water partition coefficient (Wildman–Crippen LogP) is 7.30. The highest BCUT2D eigenvalue weighted by molar-refractivity contribution is 8.00. The number of hydrogen-bond donors (Lipinski definition) is 0. The molecule has 1 heterocycles. The van der Waals surface area contributed by atoms with Crippen LogP contribution in [0.15, 0.2) is 47.4 Å². The van der Waals surface area contributed by atoms with Gasteiger partial charge in [-0.05, 0) is 85.9 Å². The van der Waals surface area contributed by atoms with E-state index in [1.165, 1.54) is 74.8 Å². The number of esters is 1. The van der Waals surface area contributed by atoms with E-state index < -0.39 is 0 Å². The maximum absolute atomic E-state index is 12.5. The zero-order chi connectivity index (χ0) is 24.0. The van der Waals surface area contributed by atoms with Crippen LogP contribution in [0.2, 0.25) is 0 Å². The number of fused-ring (bicyclic) bond motifs is 1. The van der Waals surface area contributed by atoms with Gasteiger partial charge < -0.3 is 14.4 Å². The monoisotopic (exact) mass is 494 g/mol. The molecule has 6 heteroatoms. The largest absolute Gasteiger partial charge is 0.493 e. The Morgan fingerprint density at radius 1 is 0.886 bits per heavy atom. The van der Waals surface area contributed by atoms with Crippen molar-refractivity contribution in [2.45, 2.75) is 69.1 Å². The highest BCUT2D eigenvalue weighted by Crippen LogP contribution is 2.41. The second kappa shape index (κ2) is 11.6. The number of benzene rings is 2. The number of carbonyl (C=O) groups is 1. The topological polar surface area (TPSA) is 42.0 Å². The van der Waals surface area contributed by atoms with Gasteiger partial charge in [-0.15, -0.1) is 0 Å². The molecule has 0 radical (unpaired) electrons. The fraction of sp³-hybridized carbons (Fsp3) is 0.552. The molecule has 0 atom stereocenters. The normalized spacial score (nSPS) is 19.3. The third-order valence-corrected chi connectivity index (χ3v) is 8.76. The van der Waals surface area contributed by atoms with Gasteiger partial charge >= 0.3 is 5.97 Å². The van der Waals surface area contributed by atoms with E-state index >= 15 is 0 Å².